The second-order valence-electron chi connectivity index (χ2n) is 4.23. The summed E-state index contributed by atoms with van der Waals surface area (Å²) in [6.45, 7) is 2.05. The lowest BCUT2D eigenvalue weighted by Crippen LogP contribution is -1.95. The molecule has 1 aliphatic rings. The standard InChI is InChI=1S/C15H19O/c1-2-13-8-7-11-15(12-13)16-14-9-5-3-4-6-10-14/h2,7-9,11-12H,3-6,10H2,1H3. The van der Waals surface area contributed by atoms with Crippen LogP contribution >= 0.6 is 0 Å². The monoisotopic (exact) mass is 215 g/mol. The second kappa shape index (κ2) is 5.74. The summed E-state index contributed by atoms with van der Waals surface area (Å²) in [5.74, 6) is 2.11. The Kier molecular flexibility index (Phi) is 4.03. The van der Waals surface area contributed by atoms with Crippen LogP contribution in [0.2, 0.25) is 0 Å². The molecule has 0 aliphatic heterocycles. The summed E-state index contributed by atoms with van der Waals surface area (Å²) >= 11 is 0. The molecule has 85 valence electrons. The Morgan fingerprint density at radius 3 is 3.00 bits per heavy atom. The first kappa shape index (κ1) is 11.3. The van der Waals surface area contributed by atoms with Gasteiger partial charge >= 0.3 is 0 Å². The van der Waals surface area contributed by atoms with Crippen LogP contribution in [0.1, 0.15) is 44.6 Å². The zero-order valence-electron chi connectivity index (χ0n) is 9.91. The van der Waals surface area contributed by atoms with Crippen LogP contribution in [0.15, 0.2) is 36.1 Å². The maximum absolute atomic E-state index is 5.92. The van der Waals surface area contributed by atoms with E-state index in [9.17, 15) is 0 Å². The first-order chi connectivity index (χ1) is 7.88. The molecule has 1 aromatic rings. The Morgan fingerprint density at radius 2 is 2.12 bits per heavy atom. The van der Waals surface area contributed by atoms with Gasteiger partial charge in [-0.25, -0.2) is 0 Å². The summed E-state index contributed by atoms with van der Waals surface area (Å²) in [5, 5.41) is 0. The second-order valence-corrected chi connectivity index (χ2v) is 4.23. The van der Waals surface area contributed by atoms with Gasteiger partial charge in [-0.2, -0.15) is 0 Å². The van der Waals surface area contributed by atoms with Crippen LogP contribution in [-0.4, -0.2) is 0 Å². The summed E-state index contributed by atoms with van der Waals surface area (Å²) < 4.78 is 5.92. The van der Waals surface area contributed by atoms with E-state index in [0.717, 1.165) is 24.4 Å². The van der Waals surface area contributed by atoms with Crippen molar-refractivity contribution in [3.05, 3.63) is 48.1 Å². The van der Waals surface area contributed by atoms with E-state index in [1.54, 1.807) is 0 Å². The predicted octanol–water partition coefficient (Wildman–Crippen LogP) is 4.49. The molecular weight excluding hydrogens is 196 g/mol. The van der Waals surface area contributed by atoms with Crippen molar-refractivity contribution in [3.8, 4) is 5.75 Å². The van der Waals surface area contributed by atoms with Gasteiger partial charge in [-0.1, -0.05) is 25.5 Å². The molecule has 0 saturated carbocycles. The van der Waals surface area contributed by atoms with Crippen LogP contribution in [0.4, 0.5) is 0 Å². The van der Waals surface area contributed by atoms with Crippen LogP contribution in [0.3, 0.4) is 0 Å². The van der Waals surface area contributed by atoms with Gasteiger partial charge in [0.25, 0.3) is 0 Å². The van der Waals surface area contributed by atoms with Gasteiger partial charge in [0.1, 0.15) is 11.5 Å². The van der Waals surface area contributed by atoms with E-state index in [0.29, 0.717) is 0 Å². The number of allylic oxidation sites excluding steroid dienone is 2. The van der Waals surface area contributed by atoms with Gasteiger partial charge in [-0.3, -0.25) is 0 Å². The normalized spacial score (nSPS) is 16.4. The van der Waals surface area contributed by atoms with Crippen molar-refractivity contribution in [1.29, 1.82) is 0 Å². The molecule has 1 radical (unpaired) electrons. The van der Waals surface area contributed by atoms with Gasteiger partial charge in [0.2, 0.25) is 0 Å². The van der Waals surface area contributed by atoms with Crippen molar-refractivity contribution < 1.29 is 4.74 Å². The SMILES string of the molecule is C[CH]c1cccc(OC2=CCCCCC2)c1. The van der Waals surface area contributed by atoms with Crippen LogP contribution in [-0.2, 0) is 0 Å². The Balaban J connectivity index is 2.04. The van der Waals surface area contributed by atoms with E-state index in [1.807, 2.05) is 19.1 Å². The van der Waals surface area contributed by atoms with Crippen LogP contribution in [0, 0.1) is 6.42 Å². The molecule has 0 N–H and O–H groups in total. The average Bonchev–Trinajstić information content (AvgIpc) is 2.58. The van der Waals surface area contributed by atoms with Gasteiger partial charge in [-0.15, -0.1) is 0 Å². The summed E-state index contributed by atoms with van der Waals surface area (Å²) in [6, 6.07) is 8.25. The molecule has 0 unspecified atom stereocenters. The van der Waals surface area contributed by atoms with Gasteiger partial charge in [0.15, 0.2) is 0 Å². The largest absolute Gasteiger partial charge is 0.462 e. The maximum atomic E-state index is 5.92. The fraction of sp³-hybridized carbons (Fsp3) is 0.400. The van der Waals surface area contributed by atoms with Crippen molar-refractivity contribution in [2.75, 3.05) is 0 Å². The molecule has 2 rings (SSSR count). The number of hydrogen-bond acceptors (Lipinski definition) is 1. The van der Waals surface area contributed by atoms with Crippen molar-refractivity contribution in [2.45, 2.75) is 39.0 Å². The highest BCUT2D eigenvalue weighted by Gasteiger charge is 2.05. The summed E-state index contributed by atoms with van der Waals surface area (Å²) in [4.78, 5) is 0. The van der Waals surface area contributed by atoms with E-state index in [1.165, 1.54) is 24.8 Å². The van der Waals surface area contributed by atoms with E-state index < -0.39 is 0 Å². The number of benzene rings is 1. The van der Waals surface area contributed by atoms with Crippen molar-refractivity contribution in [1.82, 2.24) is 0 Å². The molecule has 0 atom stereocenters. The summed E-state index contributed by atoms with van der Waals surface area (Å²) in [5.41, 5.74) is 1.21. The quantitative estimate of drug-likeness (QED) is 0.722. The summed E-state index contributed by atoms with van der Waals surface area (Å²) in [6.07, 6.45) is 10.5. The Morgan fingerprint density at radius 1 is 1.19 bits per heavy atom. The third-order valence-electron chi connectivity index (χ3n) is 2.94. The van der Waals surface area contributed by atoms with Crippen molar-refractivity contribution in [3.63, 3.8) is 0 Å². The van der Waals surface area contributed by atoms with Crippen LogP contribution < -0.4 is 4.74 Å². The molecule has 0 spiro atoms. The molecule has 1 aliphatic carbocycles. The highest BCUT2D eigenvalue weighted by molar-refractivity contribution is 5.33. The smallest absolute Gasteiger partial charge is 0.127 e. The van der Waals surface area contributed by atoms with E-state index in [4.69, 9.17) is 4.74 Å². The Hall–Kier alpha value is -1.24. The van der Waals surface area contributed by atoms with Crippen molar-refractivity contribution >= 4 is 0 Å². The topological polar surface area (TPSA) is 9.23 Å². The van der Waals surface area contributed by atoms with E-state index in [-0.39, 0.29) is 0 Å². The van der Waals surface area contributed by atoms with E-state index in [2.05, 4.69) is 24.6 Å². The fourth-order valence-corrected chi connectivity index (χ4v) is 1.99. The van der Waals surface area contributed by atoms with Crippen LogP contribution in [0.5, 0.6) is 5.75 Å². The number of ether oxygens (including phenoxy) is 1. The van der Waals surface area contributed by atoms with Crippen molar-refractivity contribution in [2.24, 2.45) is 0 Å². The summed E-state index contributed by atoms with van der Waals surface area (Å²) in [7, 11) is 0. The van der Waals surface area contributed by atoms with Gasteiger partial charge in [0, 0.05) is 6.42 Å². The highest BCUT2D eigenvalue weighted by atomic mass is 16.5. The lowest BCUT2D eigenvalue weighted by molar-refractivity contribution is 0.400. The van der Waals surface area contributed by atoms with Crippen LogP contribution in [0.25, 0.3) is 0 Å². The molecule has 0 bridgehead atoms. The Labute approximate surface area is 98.1 Å². The molecule has 1 heteroatoms. The maximum Gasteiger partial charge on any atom is 0.127 e. The lowest BCUT2D eigenvalue weighted by Gasteiger charge is -2.09. The third-order valence-corrected chi connectivity index (χ3v) is 2.94. The highest BCUT2D eigenvalue weighted by Crippen LogP contribution is 2.22. The minimum Gasteiger partial charge on any atom is -0.462 e. The third kappa shape index (κ3) is 3.13. The first-order valence-electron chi connectivity index (χ1n) is 6.15. The van der Waals surface area contributed by atoms with Gasteiger partial charge < -0.3 is 4.74 Å². The zero-order valence-corrected chi connectivity index (χ0v) is 9.91. The molecule has 0 heterocycles. The zero-order chi connectivity index (χ0) is 11.2. The molecular formula is C15H19O. The van der Waals surface area contributed by atoms with E-state index >= 15 is 0 Å². The van der Waals surface area contributed by atoms with Gasteiger partial charge in [-0.05, 0) is 49.5 Å². The minimum atomic E-state index is 0.962. The predicted molar refractivity (Wildman–Crippen MR) is 67.3 cm³/mol. The molecule has 1 nitrogen and oxygen atoms in total. The minimum absolute atomic E-state index is 0.962. The molecule has 0 aromatic heterocycles. The first-order valence-corrected chi connectivity index (χ1v) is 6.15. The molecule has 16 heavy (non-hydrogen) atoms. The lowest BCUT2D eigenvalue weighted by atomic mass is 10.1. The Bertz CT molecular complexity index is 365. The molecule has 0 fully saturated rings. The molecule has 0 saturated heterocycles. The molecule has 1 aromatic carbocycles. The fourth-order valence-electron chi connectivity index (χ4n) is 1.99. The van der Waals surface area contributed by atoms with Gasteiger partial charge in [0.05, 0.1) is 0 Å². The number of rotatable bonds is 3. The average molecular weight is 215 g/mol. The number of hydrogen-bond donors (Lipinski definition) is 0. The molecule has 0 amide bonds.